The number of hydrogen-bond acceptors (Lipinski definition) is 3. The molecule has 0 bridgehead atoms. The summed E-state index contributed by atoms with van der Waals surface area (Å²) in [5, 5.41) is 2.78. The molecular formula is C15H13NO3. The number of nitrogens with one attached hydrogen (secondary N) is 1. The number of amides is 1. The third-order valence-electron chi connectivity index (χ3n) is 2.86. The minimum atomic E-state index is -0.487. The molecule has 0 aliphatic carbocycles. The average molecular weight is 255 g/mol. The van der Waals surface area contributed by atoms with Crippen molar-refractivity contribution >= 4 is 11.6 Å². The van der Waals surface area contributed by atoms with E-state index < -0.39 is 6.10 Å². The first-order valence-corrected chi connectivity index (χ1v) is 6.07. The number of para-hydroxylation sites is 1. The maximum absolute atomic E-state index is 11.5. The van der Waals surface area contributed by atoms with Crippen molar-refractivity contribution in [2.45, 2.75) is 13.0 Å². The van der Waals surface area contributed by atoms with Crippen molar-refractivity contribution in [1.82, 2.24) is 0 Å². The summed E-state index contributed by atoms with van der Waals surface area (Å²) >= 11 is 0. The van der Waals surface area contributed by atoms with E-state index in [2.05, 4.69) is 5.32 Å². The van der Waals surface area contributed by atoms with Gasteiger partial charge in [0.05, 0.1) is 5.69 Å². The van der Waals surface area contributed by atoms with E-state index >= 15 is 0 Å². The molecule has 4 nitrogen and oxygen atoms in total. The summed E-state index contributed by atoms with van der Waals surface area (Å²) in [5.74, 6) is 1.92. The van der Waals surface area contributed by atoms with Gasteiger partial charge < -0.3 is 14.8 Å². The highest BCUT2D eigenvalue weighted by Gasteiger charge is 2.23. The molecule has 1 aliphatic rings. The van der Waals surface area contributed by atoms with E-state index in [0.717, 1.165) is 5.75 Å². The molecule has 0 aromatic heterocycles. The molecule has 1 amide bonds. The molecule has 0 saturated carbocycles. The molecule has 1 unspecified atom stereocenters. The van der Waals surface area contributed by atoms with Crippen LogP contribution in [0.4, 0.5) is 5.69 Å². The Labute approximate surface area is 111 Å². The van der Waals surface area contributed by atoms with E-state index in [-0.39, 0.29) is 5.91 Å². The van der Waals surface area contributed by atoms with E-state index in [1.807, 2.05) is 30.3 Å². The van der Waals surface area contributed by atoms with Crippen molar-refractivity contribution < 1.29 is 14.3 Å². The second-order valence-corrected chi connectivity index (χ2v) is 4.32. The number of carbonyl (C=O) groups excluding carboxylic acids is 1. The molecule has 3 rings (SSSR count). The van der Waals surface area contributed by atoms with Gasteiger partial charge in [-0.05, 0) is 31.2 Å². The fourth-order valence-electron chi connectivity index (χ4n) is 1.87. The molecule has 1 aliphatic heterocycles. The number of rotatable bonds is 2. The van der Waals surface area contributed by atoms with Crippen LogP contribution in [0.2, 0.25) is 0 Å². The summed E-state index contributed by atoms with van der Waals surface area (Å²) < 4.78 is 11.2. The first-order valence-electron chi connectivity index (χ1n) is 6.07. The third-order valence-corrected chi connectivity index (χ3v) is 2.86. The number of fused-ring (bicyclic) bond motifs is 1. The van der Waals surface area contributed by atoms with Gasteiger partial charge >= 0.3 is 0 Å². The van der Waals surface area contributed by atoms with Gasteiger partial charge in [0.25, 0.3) is 5.91 Å². The minimum absolute atomic E-state index is 0.135. The topological polar surface area (TPSA) is 47.6 Å². The number of ether oxygens (including phenoxy) is 2. The summed E-state index contributed by atoms with van der Waals surface area (Å²) in [5.41, 5.74) is 0.670. The normalized spacial score (nSPS) is 17.1. The van der Waals surface area contributed by atoms with Gasteiger partial charge in [-0.3, -0.25) is 4.79 Å². The Morgan fingerprint density at radius 2 is 1.89 bits per heavy atom. The fraction of sp³-hybridized carbons (Fsp3) is 0.133. The number of carbonyl (C=O) groups is 1. The lowest BCUT2D eigenvalue weighted by molar-refractivity contribution is -0.122. The average Bonchev–Trinajstić information content (AvgIpc) is 2.42. The van der Waals surface area contributed by atoms with E-state index in [4.69, 9.17) is 9.47 Å². The molecule has 4 heteroatoms. The monoisotopic (exact) mass is 255 g/mol. The quantitative estimate of drug-likeness (QED) is 0.896. The highest BCUT2D eigenvalue weighted by Crippen LogP contribution is 2.34. The summed E-state index contributed by atoms with van der Waals surface area (Å²) in [4.78, 5) is 11.5. The number of anilines is 1. The lowest BCUT2D eigenvalue weighted by atomic mass is 10.2. The van der Waals surface area contributed by atoms with E-state index in [1.54, 1.807) is 25.1 Å². The zero-order valence-corrected chi connectivity index (χ0v) is 10.4. The molecule has 1 N–H and O–H groups in total. The maximum Gasteiger partial charge on any atom is 0.265 e. The van der Waals surface area contributed by atoms with Gasteiger partial charge in [-0.25, -0.2) is 0 Å². The van der Waals surface area contributed by atoms with Crippen LogP contribution in [0, 0.1) is 0 Å². The standard InChI is InChI=1S/C15H13NO3/c1-10-15(17)16-13-8-7-12(9-14(13)18-10)19-11-5-3-2-4-6-11/h2-10H,1H3,(H,16,17). The Balaban J connectivity index is 1.86. The van der Waals surface area contributed by atoms with E-state index in [9.17, 15) is 4.79 Å². The predicted molar refractivity (Wildman–Crippen MR) is 71.7 cm³/mol. The smallest absolute Gasteiger partial charge is 0.265 e. The molecule has 1 heterocycles. The van der Waals surface area contributed by atoms with Gasteiger partial charge in [-0.2, -0.15) is 0 Å². The zero-order valence-electron chi connectivity index (χ0n) is 10.4. The molecule has 0 radical (unpaired) electrons. The fourth-order valence-corrected chi connectivity index (χ4v) is 1.87. The van der Waals surface area contributed by atoms with Gasteiger partial charge in [-0.1, -0.05) is 18.2 Å². The van der Waals surface area contributed by atoms with Crippen LogP contribution < -0.4 is 14.8 Å². The van der Waals surface area contributed by atoms with Crippen LogP contribution >= 0.6 is 0 Å². The van der Waals surface area contributed by atoms with Crippen LogP contribution in [0.25, 0.3) is 0 Å². The predicted octanol–water partition coefficient (Wildman–Crippen LogP) is 3.20. The number of benzene rings is 2. The van der Waals surface area contributed by atoms with Gasteiger partial charge in [0.1, 0.15) is 17.2 Å². The molecule has 2 aromatic rings. The lowest BCUT2D eigenvalue weighted by Gasteiger charge is -2.23. The van der Waals surface area contributed by atoms with E-state index in [1.165, 1.54) is 0 Å². The van der Waals surface area contributed by atoms with Crippen molar-refractivity contribution in [2.75, 3.05) is 5.32 Å². The molecule has 19 heavy (non-hydrogen) atoms. The summed E-state index contributed by atoms with van der Waals surface area (Å²) in [6.07, 6.45) is -0.487. The maximum atomic E-state index is 11.5. The van der Waals surface area contributed by atoms with Crippen molar-refractivity contribution in [3.05, 3.63) is 48.5 Å². The zero-order chi connectivity index (χ0) is 13.2. The molecule has 0 spiro atoms. The Hall–Kier alpha value is -2.49. The largest absolute Gasteiger partial charge is 0.479 e. The summed E-state index contributed by atoms with van der Waals surface area (Å²) in [6, 6.07) is 14.9. The molecule has 0 fully saturated rings. The van der Waals surface area contributed by atoms with E-state index in [0.29, 0.717) is 17.2 Å². The van der Waals surface area contributed by atoms with Crippen molar-refractivity contribution in [3.63, 3.8) is 0 Å². The molecule has 2 aromatic carbocycles. The van der Waals surface area contributed by atoms with Crippen molar-refractivity contribution in [2.24, 2.45) is 0 Å². The molecule has 0 saturated heterocycles. The van der Waals surface area contributed by atoms with Crippen LogP contribution in [0.1, 0.15) is 6.92 Å². The Bertz CT molecular complexity index is 610. The SMILES string of the molecule is CC1Oc2cc(Oc3ccccc3)ccc2NC1=O. The van der Waals surface area contributed by atoms with Crippen LogP contribution in [0.15, 0.2) is 48.5 Å². The van der Waals surface area contributed by atoms with Gasteiger partial charge in [-0.15, -0.1) is 0 Å². The van der Waals surface area contributed by atoms with Gasteiger partial charge in [0.2, 0.25) is 0 Å². The summed E-state index contributed by atoms with van der Waals surface area (Å²) in [6.45, 7) is 1.71. The Morgan fingerprint density at radius 3 is 2.68 bits per heavy atom. The van der Waals surface area contributed by atoms with Crippen molar-refractivity contribution in [3.8, 4) is 17.2 Å². The highest BCUT2D eigenvalue weighted by atomic mass is 16.5. The summed E-state index contributed by atoms with van der Waals surface area (Å²) in [7, 11) is 0. The van der Waals surface area contributed by atoms with Gasteiger partial charge in [0, 0.05) is 6.07 Å². The molecular weight excluding hydrogens is 242 g/mol. The van der Waals surface area contributed by atoms with Crippen LogP contribution in [-0.2, 0) is 4.79 Å². The molecule has 96 valence electrons. The lowest BCUT2D eigenvalue weighted by Crippen LogP contribution is -2.34. The van der Waals surface area contributed by atoms with Crippen molar-refractivity contribution in [1.29, 1.82) is 0 Å². The first-order chi connectivity index (χ1) is 9.22. The highest BCUT2D eigenvalue weighted by molar-refractivity contribution is 5.97. The van der Waals surface area contributed by atoms with Crippen LogP contribution in [-0.4, -0.2) is 12.0 Å². The third kappa shape index (κ3) is 2.38. The number of hydrogen-bond donors (Lipinski definition) is 1. The van der Waals surface area contributed by atoms with Gasteiger partial charge in [0.15, 0.2) is 6.10 Å². The molecule has 1 atom stereocenters. The van der Waals surface area contributed by atoms with Crippen LogP contribution in [0.3, 0.4) is 0 Å². The Kier molecular flexibility index (Phi) is 2.83. The second kappa shape index (κ2) is 4.65. The van der Waals surface area contributed by atoms with Crippen LogP contribution in [0.5, 0.6) is 17.2 Å². The Morgan fingerprint density at radius 1 is 1.11 bits per heavy atom. The minimum Gasteiger partial charge on any atom is -0.479 e. The first kappa shape index (κ1) is 11.6. The second-order valence-electron chi connectivity index (χ2n) is 4.32.